The monoisotopic (exact) mass is 268 g/mol. The van der Waals surface area contributed by atoms with Crippen LogP contribution in [0.15, 0.2) is 24.3 Å². The smallest absolute Gasteiger partial charge is 0.225 e. The van der Waals surface area contributed by atoms with Crippen molar-refractivity contribution >= 4 is 11.6 Å². The lowest BCUT2D eigenvalue weighted by Crippen LogP contribution is -2.26. The minimum Gasteiger partial charge on any atom is -0.393 e. The topological polar surface area (TPSA) is 52.6 Å². The average Bonchev–Trinajstić information content (AvgIpc) is 2.36. The molecule has 1 aromatic rings. The summed E-state index contributed by atoms with van der Waals surface area (Å²) in [5, 5.41) is 11.9. The molecular weight excluding hydrogens is 247 g/mol. The summed E-state index contributed by atoms with van der Waals surface area (Å²) in [6.07, 6.45) is 0.736. The highest BCUT2D eigenvalue weighted by atomic mass is 19.1. The minimum absolute atomic E-state index is 0.101. The normalized spacial score (nSPS) is 12.5. The van der Waals surface area contributed by atoms with E-state index >= 15 is 0 Å². The molecule has 5 heteroatoms. The van der Waals surface area contributed by atoms with Gasteiger partial charge in [-0.05, 0) is 44.7 Å². The molecule has 19 heavy (non-hydrogen) atoms. The van der Waals surface area contributed by atoms with Gasteiger partial charge in [0.25, 0.3) is 0 Å². The third-order valence-corrected chi connectivity index (χ3v) is 2.78. The highest BCUT2D eigenvalue weighted by Crippen LogP contribution is 2.08. The van der Waals surface area contributed by atoms with Crippen LogP contribution in [0.5, 0.6) is 0 Å². The molecule has 0 aliphatic carbocycles. The highest BCUT2D eigenvalue weighted by Gasteiger charge is 2.06. The molecule has 1 aromatic carbocycles. The van der Waals surface area contributed by atoms with E-state index in [0.29, 0.717) is 25.1 Å². The van der Waals surface area contributed by atoms with Gasteiger partial charge >= 0.3 is 0 Å². The Morgan fingerprint density at radius 1 is 1.37 bits per heavy atom. The van der Waals surface area contributed by atoms with E-state index in [1.807, 2.05) is 11.9 Å². The van der Waals surface area contributed by atoms with Crippen molar-refractivity contribution in [2.75, 3.05) is 25.5 Å². The van der Waals surface area contributed by atoms with Gasteiger partial charge in [0, 0.05) is 25.2 Å². The molecule has 0 saturated heterocycles. The Labute approximate surface area is 113 Å². The second kappa shape index (κ2) is 7.86. The Bertz CT molecular complexity index is 393. The zero-order valence-electron chi connectivity index (χ0n) is 11.4. The summed E-state index contributed by atoms with van der Waals surface area (Å²) < 4.78 is 12.7. The number of anilines is 1. The van der Waals surface area contributed by atoms with Crippen molar-refractivity contribution in [1.29, 1.82) is 0 Å². The molecule has 0 spiro atoms. The number of carbonyl (C=O) groups excluding carboxylic acids is 1. The number of nitrogens with zero attached hydrogens (tertiary/aromatic N) is 1. The van der Waals surface area contributed by atoms with Gasteiger partial charge in [0.15, 0.2) is 0 Å². The Morgan fingerprint density at radius 2 is 2.00 bits per heavy atom. The molecule has 106 valence electrons. The molecule has 1 atom stereocenters. The maximum atomic E-state index is 12.7. The van der Waals surface area contributed by atoms with E-state index in [2.05, 4.69) is 5.32 Å². The third kappa shape index (κ3) is 6.88. The Kier molecular flexibility index (Phi) is 6.45. The van der Waals surface area contributed by atoms with E-state index < -0.39 is 0 Å². The second-order valence-corrected chi connectivity index (χ2v) is 4.75. The van der Waals surface area contributed by atoms with Crippen LogP contribution in [-0.2, 0) is 4.79 Å². The van der Waals surface area contributed by atoms with E-state index in [-0.39, 0.29) is 17.8 Å². The summed E-state index contributed by atoms with van der Waals surface area (Å²) in [5.41, 5.74) is 0.595. The fourth-order valence-electron chi connectivity index (χ4n) is 1.57. The van der Waals surface area contributed by atoms with Crippen LogP contribution in [-0.4, -0.2) is 42.2 Å². The summed E-state index contributed by atoms with van der Waals surface area (Å²) in [6.45, 7) is 3.12. The van der Waals surface area contributed by atoms with Crippen LogP contribution >= 0.6 is 0 Å². The fourth-order valence-corrected chi connectivity index (χ4v) is 1.57. The standard InChI is InChI=1S/C14H21FN2O2/c1-11(18)7-9-17(2)10-8-14(19)16-13-5-3-12(15)4-6-13/h3-6,11,18H,7-10H2,1-2H3,(H,16,19). The first-order chi connectivity index (χ1) is 8.97. The van der Waals surface area contributed by atoms with Crippen LogP contribution in [0.4, 0.5) is 10.1 Å². The quantitative estimate of drug-likeness (QED) is 0.793. The van der Waals surface area contributed by atoms with Gasteiger partial charge in [-0.15, -0.1) is 0 Å². The summed E-state index contributed by atoms with van der Waals surface area (Å²) in [7, 11) is 1.91. The minimum atomic E-state index is -0.324. The van der Waals surface area contributed by atoms with E-state index in [0.717, 1.165) is 6.54 Å². The summed E-state index contributed by atoms with van der Waals surface area (Å²) >= 11 is 0. The number of rotatable bonds is 7. The van der Waals surface area contributed by atoms with Crippen molar-refractivity contribution in [2.24, 2.45) is 0 Å². The fraction of sp³-hybridized carbons (Fsp3) is 0.500. The molecule has 1 unspecified atom stereocenters. The van der Waals surface area contributed by atoms with Crippen molar-refractivity contribution in [3.8, 4) is 0 Å². The lowest BCUT2D eigenvalue weighted by molar-refractivity contribution is -0.116. The van der Waals surface area contributed by atoms with Crippen molar-refractivity contribution in [2.45, 2.75) is 25.9 Å². The Morgan fingerprint density at radius 3 is 2.58 bits per heavy atom. The number of hydrogen-bond acceptors (Lipinski definition) is 3. The lowest BCUT2D eigenvalue weighted by atomic mass is 10.2. The van der Waals surface area contributed by atoms with Crippen LogP contribution in [0, 0.1) is 5.82 Å². The first-order valence-electron chi connectivity index (χ1n) is 6.39. The van der Waals surface area contributed by atoms with Gasteiger partial charge < -0.3 is 15.3 Å². The van der Waals surface area contributed by atoms with Crippen molar-refractivity contribution in [3.05, 3.63) is 30.1 Å². The van der Waals surface area contributed by atoms with Gasteiger partial charge in [0.2, 0.25) is 5.91 Å². The molecule has 0 aliphatic rings. The molecule has 0 aromatic heterocycles. The molecule has 0 fully saturated rings. The van der Waals surface area contributed by atoms with Gasteiger partial charge in [-0.2, -0.15) is 0 Å². The molecule has 0 bridgehead atoms. The molecule has 0 saturated carbocycles. The van der Waals surface area contributed by atoms with E-state index in [1.165, 1.54) is 24.3 Å². The zero-order chi connectivity index (χ0) is 14.3. The molecule has 4 nitrogen and oxygen atoms in total. The number of nitrogens with one attached hydrogen (secondary N) is 1. The number of aliphatic hydroxyl groups is 1. The maximum absolute atomic E-state index is 12.7. The average molecular weight is 268 g/mol. The van der Waals surface area contributed by atoms with Crippen LogP contribution < -0.4 is 5.32 Å². The number of carbonyl (C=O) groups is 1. The van der Waals surface area contributed by atoms with E-state index in [1.54, 1.807) is 6.92 Å². The number of halogens is 1. The number of aliphatic hydroxyl groups excluding tert-OH is 1. The van der Waals surface area contributed by atoms with Gasteiger partial charge in [-0.25, -0.2) is 4.39 Å². The number of hydrogen-bond donors (Lipinski definition) is 2. The van der Waals surface area contributed by atoms with Crippen molar-refractivity contribution in [1.82, 2.24) is 4.90 Å². The summed E-state index contributed by atoms with van der Waals surface area (Å²) in [4.78, 5) is 13.7. The van der Waals surface area contributed by atoms with Crippen LogP contribution in [0.3, 0.4) is 0 Å². The SMILES string of the molecule is CC(O)CCN(C)CCC(=O)Nc1ccc(F)cc1. The molecular formula is C14H21FN2O2. The Balaban J connectivity index is 2.26. The van der Waals surface area contributed by atoms with Crippen molar-refractivity contribution < 1.29 is 14.3 Å². The first-order valence-corrected chi connectivity index (χ1v) is 6.39. The van der Waals surface area contributed by atoms with Crippen LogP contribution in [0.1, 0.15) is 19.8 Å². The van der Waals surface area contributed by atoms with Crippen LogP contribution in [0.2, 0.25) is 0 Å². The zero-order valence-corrected chi connectivity index (χ0v) is 11.4. The number of amides is 1. The molecule has 0 radical (unpaired) electrons. The predicted octanol–water partition coefficient (Wildman–Crippen LogP) is 1.86. The van der Waals surface area contributed by atoms with Gasteiger partial charge in [0.05, 0.1) is 6.10 Å². The van der Waals surface area contributed by atoms with Gasteiger partial charge in [-0.3, -0.25) is 4.79 Å². The number of benzene rings is 1. The maximum Gasteiger partial charge on any atom is 0.225 e. The van der Waals surface area contributed by atoms with Crippen molar-refractivity contribution in [3.63, 3.8) is 0 Å². The molecule has 0 heterocycles. The highest BCUT2D eigenvalue weighted by molar-refractivity contribution is 5.90. The Hall–Kier alpha value is -1.46. The van der Waals surface area contributed by atoms with Gasteiger partial charge in [0.1, 0.15) is 5.82 Å². The molecule has 0 aliphatic heterocycles. The summed E-state index contributed by atoms with van der Waals surface area (Å²) in [5.74, 6) is -0.425. The molecule has 2 N–H and O–H groups in total. The van der Waals surface area contributed by atoms with Gasteiger partial charge in [-0.1, -0.05) is 0 Å². The largest absolute Gasteiger partial charge is 0.393 e. The second-order valence-electron chi connectivity index (χ2n) is 4.75. The molecule has 1 amide bonds. The molecule has 1 rings (SSSR count). The predicted molar refractivity (Wildman–Crippen MR) is 73.4 cm³/mol. The first kappa shape index (κ1) is 15.6. The van der Waals surface area contributed by atoms with E-state index in [9.17, 15) is 9.18 Å². The van der Waals surface area contributed by atoms with E-state index in [4.69, 9.17) is 5.11 Å². The third-order valence-electron chi connectivity index (χ3n) is 2.78. The summed E-state index contributed by atoms with van der Waals surface area (Å²) in [6, 6.07) is 5.68. The van der Waals surface area contributed by atoms with Crippen LogP contribution in [0.25, 0.3) is 0 Å². The lowest BCUT2D eigenvalue weighted by Gasteiger charge is -2.17.